The number of carboxylic acid groups (broad SMARTS) is 1. The summed E-state index contributed by atoms with van der Waals surface area (Å²) >= 11 is 0. The van der Waals surface area contributed by atoms with Gasteiger partial charge in [-0.25, -0.2) is 4.98 Å². The van der Waals surface area contributed by atoms with E-state index in [2.05, 4.69) is 27.9 Å². The highest BCUT2D eigenvalue weighted by atomic mass is 16.6. The summed E-state index contributed by atoms with van der Waals surface area (Å²) in [5.74, 6) is -0.240. The predicted molar refractivity (Wildman–Crippen MR) is 234 cm³/mol. The van der Waals surface area contributed by atoms with Gasteiger partial charge in [0.15, 0.2) is 0 Å². The molecule has 1 aromatic heterocycles. The smallest absolute Gasteiger partial charge is 0.305 e. The largest absolute Gasteiger partial charge is 0.491 e. The number of ether oxygens (including phenoxy) is 5. The Labute approximate surface area is 354 Å². The second-order valence-electron chi connectivity index (χ2n) is 14.8. The topological polar surface area (TPSA) is 167 Å². The SMILES string of the molecule is CCCOCCOCCOCCOCCOc1ccc(-c2ccc([C@H](CC(=O)O)NC(=O)[C@@H](NCC(C=O)CCNc3cc(C)ccn3)[C@@H](C)CC)cc2)c2ccccc12. The molecule has 4 rings (SSSR count). The van der Waals surface area contributed by atoms with Crippen molar-refractivity contribution in [1.82, 2.24) is 15.6 Å². The average molecular weight is 829 g/mol. The van der Waals surface area contributed by atoms with Crippen LogP contribution in [0.4, 0.5) is 5.82 Å². The predicted octanol–water partition coefficient (Wildman–Crippen LogP) is 7.02. The van der Waals surface area contributed by atoms with E-state index in [4.69, 9.17) is 23.7 Å². The van der Waals surface area contributed by atoms with Gasteiger partial charge in [-0.3, -0.25) is 9.59 Å². The molecule has 1 heterocycles. The number of carboxylic acids is 1. The van der Waals surface area contributed by atoms with Crippen molar-refractivity contribution in [3.05, 3.63) is 90.1 Å². The van der Waals surface area contributed by atoms with Crippen LogP contribution in [0, 0.1) is 18.8 Å². The first kappa shape index (κ1) is 47.8. The summed E-state index contributed by atoms with van der Waals surface area (Å²) in [5.41, 5.74) is 3.69. The molecule has 4 atom stereocenters. The molecule has 0 spiro atoms. The highest BCUT2D eigenvalue weighted by Crippen LogP contribution is 2.35. The molecule has 0 aliphatic heterocycles. The highest BCUT2D eigenvalue weighted by Gasteiger charge is 2.28. The molecular weight excluding hydrogens is 765 g/mol. The summed E-state index contributed by atoms with van der Waals surface area (Å²) in [5, 5.41) is 21.4. The Morgan fingerprint density at radius 1 is 0.817 bits per heavy atom. The highest BCUT2D eigenvalue weighted by molar-refractivity contribution is 6.00. The average Bonchev–Trinajstić information content (AvgIpc) is 3.25. The number of fused-ring (bicyclic) bond motifs is 1. The Morgan fingerprint density at radius 3 is 2.08 bits per heavy atom. The van der Waals surface area contributed by atoms with E-state index in [1.54, 1.807) is 6.20 Å². The fraction of sp³-hybridized carbons (Fsp3) is 0.489. The molecule has 1 amide bonds. The van der Waals surface area contributed by atoms with Crippen LogP contribution in [0.25, 0.3) is 21.9 Å². The van der Waals surface area contributed by atoms with Crippen molar-refractivity contribution >= 4 is 34.8 Å². The summed E-state index contributed by atoms with van der Waals surface area (Å²) in [6.45, 7) is 13.5. The molecule has 0 fully saturated rings. The maximum absolute atomic E-state index is 13.8. The molecular formula is C47H64N4O9. The zero-order chi connectivity index (χ0) is 43.0. The number of pyridine rings is 1. The lowest BCUT2D eigenvalue weighted by Crippen LogP contribution is -2.50. The van der Waals surface area contributed by atoms with Crippen LogP contribution in [0.2, 0.25) is 0 Å². The number of carbonyl (C=O) groups is 3. The number of aliphatic carboxylic acids is 1. The number of anilines is 1. The van der Waals surface area contributed by atoms with Crippen molar-refractivity contribution in [2.75, 3.05) is 77.9 Å². The number of carbonyl (C=O) groups excluding carboxylic acids is 2. The third-order valence-corrected chi connectivity index (χ3v) is 10.2. The number of aldehydes is 1. The number of aromatic nitrogens is 1. The maximum atomic E-state index is 13.8. The van der Waals surface area contributed by atoms with Crippen molar-refractivity contribution in [1.29, 1.82) is 0 Å². The van der Waals surface area contributed by atoms with Crippen LogP contribution >= 0.6 is 0 Å². The summed E-state index contributed by atoms with van der Waals surface area (Å²) in [6.07, 6.45) is 4.62. The first-order chi connectivity index (χ1) is 29.2. The van der Waals surface area contributed by atoms with E-state index in [0.717, 1.165) is 58.3 Å². The van der Waals surface area contributed by atoms with E-state index in [1.807, 2.05) is 93.6 Å². The summed E-state index contributed by atoms with van der Waals surface area (Å²) < 4.78 is 28.3. The molecule has 0 aliphatic carbocycles. The number of nitrogens with zero attached hydrogens (tertiary/aromatic N) is 1. The van der Waals surface area contributed by atoms with E-state index < -0.39 is 18.1 Å². The van der Waals surface area contributed by atoms with E-state index in [0.29, 0.717) is 84.3 Å². The van der Waals surface area contributed by atoms with Crippen LogP contribution in [-0.2, 0) is 33.3 Å². The quantitative estimate of drug-likeness (QED) is 0.0303. The minimum atomic E-state index is -1.03. The van der Waals surface area contributed by atoms with Crippen LogP contribution in [0.5, 0.6) is 5.75 Å². The second kappa shape index (κ2) is 27.0. The summed E-state index contributed by atoms with van der Waals surface area (Å²) in [6, 6.07) is 22.1. The molecule has 0 bridgehead atoms. The van der Waals surface area contributed by atoms with Crippen molar-refractivity contribution in [2.24, 2.45) is 11.8 Å². The van der Waals surface area contributed by atoms with Gasteiger partial charge in [0.25, 0.3) is 0 Å². The lowest BCUT2D eigenvalue weighted by atomic mass is 9.94. The fourth-order valence-electron chi connectivity index (χ4n) is 6.65. The number of hydrogen-bond donors (Lipinski definition) is 4. The Morgan fingerprint density at radius 2 is 1.47 bits per heavy atom. The van der Waals surface area contributed by atoms with Gasteiger partial charge in [-0.1, -0.05) is 81.8 Å². The van der Waals surface area contributed by atoms with Crippen molar-refractivity contribution < 1.29 is 43.2 Å². The molecule has 0 radical (unpaired) electrons. The molecule has 13 heteroatoms. The summed E-state index contributed by atoms with van der Waals surface area (Å²) in [7, 11) is 0. The van der Waals surface area contributed by atoms with Gasteiger partial charge in [0.2, 0.25) is 5.91 Å². The van der Waals surface area contributed by atoms with Crippen LogP contribution < -0.4 is 20.7 Å². The first-order valence-corrected chi connectivity index (χ1v) is 21.2. The van der Waals surface area contributed by atoms with Gasteiger partial charge in [-0.05, 0) is 71.5 Å². The van der Waals surface area contributed by atoms with Crippen molar-refractivity contribution in [2.45, 2.75) is 65.5 Å². The lowest BCUT2D eigenvalue weighted by molar-refractivity contribution is -0.138. The third kappa shape index (κ3) is 16.3. The maximum Gasteiger partial charge on any atom is 0.305 e. The normalized spacial score (nSPS) is 13.3. The van der Waals surface area contributed by atoms with Gasteiger partial charge in [-0.15, -0.1) is 0 Å². The van der Waals surface area contributed by atoms with Gasteiger partial charge in [0, 0.05) is 37.2 Å². The number of hydrogen-bond acceptors (Lipinski definition) is 11. The molecule has 0 aliphatic rings. The zero-order valence-electron chi connectivity index (χ0n) is 35.7. The van der Waals surface area contributed by atoms with Gasteiger partial charge in [0.1, 0.15) is 24.5 Å². The van der Waals surface area contributed by atoms with Crippen LogP contribution in [-0.4, -0.2) is 107 Å². The molecule has 60 heavy (non-hydrogen) atoms. The standard InChI is InChI=1S/C47H64N4O9/c1-5-21-56-22-23-57-24-25-58-26-27-59-28-29-60-43-16-15-39(40-9-7-8-10-41(40)43)37-11-13-38(14-12-37)42(31-45(53)54)51-47(55)46(35(4)6-2)50-32-36(33-52)18-20-49-44-30-34(3)17-19-48-44/h7-17,19,30,33,35-36,42,46,50H,5-6,18,20-29,31-32H2,1-4H3,(H,48,49)(H,51,55)(H,53,54)/t35-,36?,42-,46-/m0/s1. The lowest BCUT2D eigenvalue weighted by Gasteiger charge is -2.27. The second-order valence-corrected chi connectivity index (χ2v) is 14.8. The van der Waals surface area contributed by atoms with Gasteiger partial charge in [0.05, 0.1) is 64.8 Å². The summed E-state index contributed by atoms with van der Waals surface area (Å²) in [4.78, 5) is 42.1. The third-order valence-electron chi connectivity index (χ3n) is 10.2. The monoisotopic (exact) mass is 828 g/mol. The Hall–Kier alpha value is -4.92. The number of nitrogens with one attached hydrogen (secondary N) is 3. The molecule has 0 saturated carbocycles. The van der Waals surface area contributed by atoms with E-state index >= 15 is 0 Å². The van der Waals surface area contributed by atoms with E-state index in [9.17, 15) is 19.5 Å². The first-order valence-electron chi connectivity index (χ1n) is 21.2. The fourth-order valence-corrected chi connectivity index (χ4v) is 6.65. The van der Waals surface area contributed by atoms with Crippen LogP contribution in [0.15, 0.2) is 79.0 Å². The van der Waals surface area contributed by atoms with Crippen molar-refractivity contribution in [3.8, 4) is 16.9 Å². The zero-order valence-corrected chi connectivity index (χ0v) is 35.7. The van der Waals surface area contributed by atoms with Crippen LogP contribution in [0.1, 0.15) is 63.6 Å². The van der Waals surface area contributed by atoms with Crippen LogP contribution in [0.3, 0.4) is 0 Å². The van der Waals surface area contributed by atoms with Crippen molar-refractivity contribution in [3.63, 3.8) is 0 Å². The molecule has 0 saturated heterocycles. The molecule has 4 aromatic rings. The number of aryl methyl sites for hydroxylation is 1. The molecule has 3 aromatic carbocycles. The minimum absolute atomic E-state index is 0.0655. The van der Waals surface area contributed by atoms with Gasteiger partial charge < -0.3 is 49.5 Å². The number of rotatable bonds is 31. The van der Waals surface area contributed by atoms with E-state index in [1.165, 1.54) is 0 Å². The molecule has 4 N–H and O–H groups in total. The minimum Gasteiger partial charge on any atom is -0.491 e. The Balaban J connectivity index is 1.31. The molecule has 326 valence electrons. The Bertz CT molecular complexity index is 1880. The molecule has 13 nitrogen and oxygen atoms in total. The number of amides is 1. The molecule has 1 unspecified atom stereocenters. The van der Waals surface area contributed by atoms with E-state index in [-0.39, 0.29) is 24.2 Å². The van der Waals surface area contributed by atoms with Gasteiger partial charge >= 0.3 is 5.97 Å². The van der Waals surface area contributed by atoms with Gasteiger partial charge in [-0.2, -0.15) is 0 Å². The number of benzene rings is 3. The Kier molecular flexibility index (Phi) is 21.5.